The Labute approximate surface area is 206 Å². The molecule has 0 aliphatic carbocycles. The normalized spacial score (nSPS) is 10.4. The van der Waals surface area contributed by atoms with Crippen molar-refractivity contribution in [1.29, 1.82) is 0 Å². The van der Waals surface area contributed by atoms with Gasteiger partial charge in [-0.15, -0.1) is 0 Å². The van der Waals surface area contributed by atoms with Crippen LogP contribution < -0.4 is 15.4 Å². The fourth-order valence-electron chi connectivity index (χ4n) is 3.18. The quantitative estimate of drug-likeness (QED) is 0.234. The van der Waals surface area contributed by atoms with Gasteiger partial charge in [0, 0.05) is 17.8 Å². The molecule has 12 heteroatoms. The molecule has 0 radical (unpaired) electrons. The van der Waals surface area contributed by atoms with Crippen LogP contribution in [-0.2, 0) is 20.7 Å². The standard InChI is InChI=1S/C24H25N5O7/c1-3-16-7-5-6-8-19(16)26-21(30)13-25-22(31)15-36-20-14-28(27-23(20)24(32)35-4-2)17-9-11-18(12-10-17)29(33)34/h5-12,14H,3-4,13,15H2,1-2H3,(H,25,31)(H,26,30). The number of nitrogens with zero attached hydrogens (tertiary/aromatic N) is 3. The lowest BCUT2D eigenvalue weighted by Gasteiger charge is -2.10. The number of hydrogen-bond donors (Lipinski definition) is 2. The molecule has 0 atom stereocenters. The van der Waals surface area contributed by atoms with E-state index >= 15 is 0 Å². The van der Waals surface area contributed by atoms with Crippen LogP contribution in [0, 0.1) is 10.1 Å². The van der Waals surface area contributed by atoms with E-state index in [2.05, 4.69) is 15.7 Å². The third-order valence-corrected chi connectivity index (χ3v) is 4.95. The van der Waals surface area contributed by atoms with Gasteiger partial charge in [0.05, 0.1) is 30.0 Å². The highest BCUT2D eigenvalue weighted by molar-refractivity contribution is 5.95. The summed E-state index contributed by atoms with van der Waals surface area (Å²) in [6, 6.07) is 12.8. The number of para-hydroxylation sites is 1. The van der Waals surface area contributed by atoms with E-state index in [1.54, 1.807) is 19.1 Å². The van der Waals surface area contributed by atoms with E-state index in [-0.39, 0.29) is 30.3 Å². The van der Waals surface area contributed by atoms with Crippen LogP contribution in [0.5, 0.6) is 5.75 Å². The topological polar surface area (TPSA) is 155 Å². The monoisotopic (exact) mass is 495 g/mol. The fraction of sp³-hybridized carbons (Fsp3) is 0.250. The number of aromatic nitrogens is 2. The Hall–Kier alpha value is -4.74. The number of nitrogens with one attached hydrogen (secondary N) is 2. The van der Waals surface area contributed by atoms with E-state index in [0.29, 0.717) is 11.4 Å². The van der Waals surface area contributed by atoms with E-state index < -0.39 is 29.3 Å². The first-order chi connectivity index (χ1) is 17.3. The van der Waals surface area contributed by atoms with Crippen LogP contribution >= 0.6 is 0 Å². The van der Waals surface area contributed by atoms with Gasteiger partial charge in [0.15, 0.2) is 12.4 Å². The molecule has 0 spiro atoms. The van der Waals surface area contributed by atoms with Crippen LogP contribution in [0.4, 0.5) is 11.4 Å². The van der Waals surface area contributed by atoms with Crippen molar-refractivity contribution >= 4 is 29.2 Å². The molecule has 0 aliphatic rings. The number of nitro groups is 1. The van der Waals surface area contributed by atoms with Crippen LogP contribution in [-0.4, -0.2) is 52.2 Å². The minimum atomic E-state index is -0.762. The molecule has 36 heavy (non-hydrogen) atoms. The number of aryl methyl sites for hydroxylation is 1. The molecule has 0 unspecified atom stereocenters. The molecule has 12 nitrogen and oxygen atoms in total. The second kappa shape index (κ2) is 12.1. The Bertz CT molecular complexity index is 1250. The lowest BCUT2D eigenvalue weighted by Crippen LogP contribution is -2.36. The Kier molecular flexibility index (Phi) is 8.70. The first-order valence-electron chi connectivity index (χ1n) is 11.1. The Balaban J connectivity index is 1.63. The van der Waals surface area contributed by atoms with Crippen molar-refractivity contribution in [2.45, 2.75) is 20.3 Å². The Morgan fingerprint density at radius 3 is 2.44 bits per heavy atom. The highest BCUT2D eigenvalue weighted by atomic mass is 16.6. The van der Waals surface area contributed by atoms with Gasteiger partial charge in [0.25, 0.3) is 11.6 Å². The summed E-state index contributed by atoms with van der Waals surface area (Å²) >= 11 is 0. The van der Waals surface area contributed by atoms with Gasteiger partial charge in [0.1, 0.15) is 0 Å². The summed E-state index contributed by atoms with van der Waals surface area (Å²) in [5.41, 5.74) is 1.79. The zero-order valence-corrected chi connectivity index (χ0v) is 19.7. The molecule has 2 amide bonds. The van der Waals surface area contributed by atoms with Crippen LogP contribution in [0.25, 0.3) is 5.69 Å². The van der Waals surface area contributed by atoms with Gasteiger partial charge in [0.2, 0.25) is 11.6 Å². The van der Waals surface area contributed by atoms with Crippen LogP contribution in [0.3, 0.4) is 0 Å². The number of rotatable bonds is 11. The van der Waals surface area contributed by atoms with E-state index in [0.717, 1.165) is 12.0 Å². The third kappa shape index (κ3) is 6.65. The maximum absolute atomic E-state index is 12.3. The van der Waals surface area contributed by atoms with E-state index in [9.17, 15) is 24.5 Å². The molecule has 1 aromatic heterocycles. The molecule has 3 aromatic rings. The number of anilines is 1. The van der Waals surface area contributed by atoms with Gasteiger partial charge in [-0.05, 0) is 37.1 Å². The number of non-ortho nitro benzene ring substituents is 1. The molecule has 3 rings (SSSR count). The van der Waals surface area contributed by atoms with Crippen molar-refractivity contribution in [2.75, 3.05) is 25.1 Å². The Morgan fingerprint density at radius 2 is 1.78 bits per heavy atom. The molecular formula is C24H25N5O7. The highest BCUT2D eigenvalue weighted by Gasteiger charge is 2.21. The maximum Gasteiger partial charge on any atom is 0.362 e. The molecular weight excluding hydrogens is 470 g/mol. The first-order valence-corrected chi connectivity index (χ1v) is 11.1. The van der Waals surface area contributed by atoms with Gasteiger partial charge in [-0.25, -0.2) is 9.48 Å². The van der Waals surface area contributed by atoms with Gasteiger partial charge in [-0.3, -0.25) is 19.7 Å². The van der Waals surface area contributed by atoms with Crippen molar-refractivity contribution in [2.24, 2.45) is 0 Å². The zero-order chi connectivity index (χ0) is 26.1. The summed E-state index contributed by atoms with van der Waals surface area (Å²) in [6.07, 6.45) is 2.10. The minimum Gasteiger partial charge on any atom is -0.480 e. The number of ether oxygens (including phenoxy) is 2. The predicted octanol–water partition coefficient (Wildman–Crippen LogP) is 2.65. The largest absolute Gasteiger partial charge is 0.480 e. The molecule has 1 heterocycles. The zero-order valence-electron chi connectivity index (χ0n) is 19.7. The van der Waals surface area contributed by atoms with Gasteiger partial charge in [-0.1, -0.05) is 25.1 Å². The number of benzene rings is 2. The molecule has 2 aromatic carbocycles. The van der Waals surface area contributed by atoms with Crippen molar-refractivity contribution in [1.82, 2.24) is 15.1 Å². The van der Waals surface area contributed by atoms with Crippen molar-refractivity contribution in [3.05, 3.63) is 76.1 Å². The molecule has 188 valence electrons. The number of esters is 1. The summed E-state index contributed by atoms with van der Waals surface area (Å²) in [7, 11) is 0. The van der Waals surface area contributed by atoms with Crippen molar-refractivity contribution in [3.63, 3.8) is 0 Å². The van der Waals surface area contributed by atoms with Gasteiger partial charge >= 0.3 is 5.97 Å². The lowest BCUT2D eigenvalue weighted by molar-refractivity contribution is -0.384. The van der Waals surface area contributed by atoms with Crippen LogP contribution in [0.15, 0.2) is 54.7 Å². The van der Waals surface area contributed by atoms with Gasteiger partial charge in [-0.2, -0.15) is 5.10 Å². The third-order valence-electron chi connectivity index (χ3n) is 4.95. The van der Waals surface area contributed by atoms with Crippen molar-refractivity contribution in [3.8, 4) is 11.4 Å². The summed E-state index contributed by atoms with van der Waals surface area (Å²) < 4.78 is 11.8. The summed E-state index contributed by atoms with van der Waals surface area (Å²) in [6.45, 7) is 2.94. The number of amides is 2. The van der Waals surface area contributed by atoms with Crippen molar-refractivity contribution < 1.29 is 28.8 Å². The molecule has 0 saturated heterocycles. The minimum absolute atomic E-state index is 0.0247. The van der Waals surface area contributed by atoms with Gasteiger partial charge < -0.3 is 20.1 Å². The molecule has 0 aliphatic heterocycles. The number of carbonyl (C=O) groups excluding carboxylic acids is 3. The second-order valence-electron chi connectivity index (χ2n) is 7.40. The highest BCUT2D eigenvalue weighted by Crippen LogP contribution is 2.22. The second-order valence-corrected chi connectivity index (χ2v) is 7.40. The van der Waals surface area contributed by atoms with E-state index in [1.807, 2.05) is 19.1 Å². The van der Waals surface area contributed by atoms with E-state index in [1.165, 1.54) is 35.1 Å². The summed E-state index contributed by atoms with van der Waals surface area (Å²) in [5, 5.41) is 20.2. The molecule has 0 fully saturated rings. The number of nitro benzene ring substituents is 1. The molecule has 0 saturated carbocycles. The fourth-order valence-corrected chi connectivity index (χ4v) is 3.18. The van der Waals surface area contributed by atoms with E-state index in [4.69, 9.17) is 9.47 Å². The Morgan fingerprint density at radius 1 is 1.06 bits per heavy atom. The predicted molar refractivity (Wildman–Crippen MR) is 129 cm³/mol. The summed E-state index contributed by atoms with van der Waals surface area (Å²) in [5.74, 6) is -1.78. The summed E-state index contributed by atoms with van der Waals surface area (Å²) in [4.78, 5) is 47.1. The van der Waals surface area contributed by atoms with Crippen LogP contribution in [0.1, 0.15) is 29.9 Å². The molecule has 0 bridgehead atoms. The number of hydrogen-bond acceptors (Lipinski definition) is 8. The average molecular weight is 495 g/mol. The maximum atomic E-state index is 12.3. The number of carbonyl (C=O) groups is 3. The lowest BCUT2D eigenvalue weighted by atomic mass is 10.1. The first kappa shape index (κ1) is 25.9. The SMILES string of the molecule is CCOC(=O)c1nn(-c2ccc([N+](=O)[O-])cc2)cc1OCC(=O)NCC(=O)Nc1ccccc1CC. The molecule has 2 N–H and O–H groups in total. The smallest absolute Gasteiger partial charge is 0.362 e. The van der Waals surface area contributed by atoms with Crippen LogP contribution in [0.2, 0.25) is 0 Å². The average Bonchev–Trinajstić information content (AvgIpc) is 3.31.